The molecule has 1 fully saturated rings. The Kier molecular flexibility index (Phi) is 5.70. The van der Waals surface area contributed by atoms with Gasteiger partial charge in [-0.05, 0) is 80.4 Å². The van der Waals surface area contributed by atoms with Gasteiger partial charge in [0.15, 0.2) is 5.65 Å². The third-order valence-electron chi connectivity index (χ3n) is 5.81. The third kappa shape index (κ3) is 4.40. The van der Waals surface area contributed by atoms with Gasteiger partial charge in [-0.1, -0.05) is 0 Å². The van der Waals surface area contributed by atoms with Crippen molar-refractivity contribution >= 4 is 17.5 Å². The number of halogens is 1. The van der Waals surface area contributed by atoms with E-state index < -0.39 is 0 Å². The van der Waals surface area contributed by atoms with Gasteiger partial charge in [0, 0.05) is 30.1 Å². The van der Waals surface area contributed by atoms with Crippen molar-refractivity contribution in [3.63, 3.8) is 0 Å². The number of fused-ring (bicyclic) bond motifs is 1. The molecule has 0 aliphatic carbocycles. The standard InChI is InChI=1S/C24H24FN7O/c1-15-11-17(4-5-19(15)25)22-23(32-21(31-22)3-2-8-29-32)18-7-10-27-20(12-18)30-24(33)28-14-16-6-9-26-13-16/h2-5,7-8,10-12,16,26H,6,9,13-14H2,1H3,(H2,27,28,30,33). The quantitative estimate of drug-likeness (QED) is 0.436. The van der Waals surface area contributed by atoms with Crippen LogP contribution in [0.5, 0.6) is 0 Å². The van der Waals surface area contributed by atoms with Gasteiger partial charge in [-0.25, -0.2) is 23.7 Å². The summed E-state index contributed by atoms with van der Waals surface area (Å²) in [7, 11) is 0. The Balaban J connectivity index is 1.47. The summed E-state index contributed by atoms with van der Waals surface area (Å²) >= 11 is 0. The highest BCUT2D eigenvalue weighted by Crippen LogP contribution is 2.33. The molecule has 1 aliphatic heterocycles. The first-order chi connectivity index (χ1) is 16.1. The van der Waals surface area contributed by atoms with E-state index in [-0.39, 0.29) is 11.8 Å². The topological polar surface area (TPSA) is 96.2 Å². The van der Waals surface area contributed by atoms with Crippen LogP contribution in [0.3, 0.4) is 0 Å². The predicted octanol–water partition coefficient (Wildman–Crippen LogP) is 3.64. The number of carbonyl (C=O) groups is 1. The van der Waals surface area contributed by atoms with Crippen LogP contribution in [0.15, 0.2) is 54.9 Å². The fourth-order valence-electron chi connectivity index (χ4n) is 4.07. The molecule has 8 nitrogen and oxygen atoms in total. The first-order valence-electron chi connectivity index (χ1n) is 10.9. The highest BCUT2D eigenvalue weighted by atomic mass is 19.1. The molecule has 5 rings (SSSR count). The van der Waals surface area contributed by atoms with Gasteiger partial charge in [0.2, 0.25) is 0 Å². The second-order valence-corrected chi connectivity index (χ2v) is 8.19. The monoisotopic (exact) mass is 445 g/mol. The van der Waals surface area contributed by atoms with Crippen molar-refractivity contribution in [3.8, 4) is 22.5 Å². The molecular formula is C24H24FN7O. The summed E-state index contributed by atoms with van der Waals surface area (Å²) in [6.07, 6.45) is 4.37. The van der Waals surface area contributed by atoms with Gasteiger partial charge in [-0.3, -0.25) is 5.32 Å². The molecule has 9 heteroatoms. The number of nitrogens with one attached hydrogen (secondary N) is 3. The minimum absolute atomic E-state index is 0.267. The van der Waals surface area contributed by atoms with Gasteiger partial charge in [0.1, 0.15) is 17.3 Å². The number of hydrogen-bond donors (Lipinski definition) is 3. The highest BCUT2D eigenvalue weighted by molar-refractivity contribution is 5.90. The Labute approximate surface area is 190 Å². The van der Waals surface area contributed by atoms with E-state index in [2.05, 4.69) is 26.0 Å². The summed E-state index contributed by atoms with van der Waals surface area (Å²) < 4.78 is 15.6. The van der Waals surface area contributed by atoms with Crippen LogP contribution in [0.1, 0.15) is 12.0 Å². The number of rotatable bonds is 5. The highest BCUT2D eigenvalue weighted by Gasteiger charge is 2.19. The van der Waals surface area contributed by atoms with E-state index in [0.717, 1.165) is 36.3 Å². The average Bonchev–Trinajstić information content (AvgIpc) is 3.47. The van der Waals surface area contributed by atoms with Crippen molar-refractivity contribution in [2.24, 2.45) is 5.92 Å². The molecule has 1 aliphatic rings. The van der Waals surface area contributed by atoms with E-state index in [4.69, 9.17) is 4.98 Å². The summed E-state index contributed by atoms with van der Waals surface area (Å²) in [5.41, 5.74) is 4.17. The molecule has 0 spiro atoms. The van der Waals surface area contributed by atoms with E-state index in [0.29, 0.717) is 35.2 Å². The van der Waals surface area contributed by atoms with Gasteiger partial charge in [-0.15, -0.1) is 0 Å². The van der Waals surface area contributed by atoms with Crippen molar-refractivity contribution < 1.29 is 9.18 Å². The lowest BCUT2D eigenvalue weighted by atomic mass is 10.0. The Morgan fingerprint density at radius 3 is 2.94 bits per heavy atom. The number of pyridine rings is 1. The van der Waals surface area contributed by atoms with Crippen molar-refractivity contribution in [1.82, 2.24) is 30.2 Å². The second kappa shape index (κ2) is 8.95. The van der Waals surface area contributed by atoms with Crippen molar-refractivity contribution in [1.29, 1.82) is 0 Å². The van der Waals surface area contributed by atoms with Crippen LogP contribution in [-0.4, -0.2) is 45.2 Å². The normalized spacial score (nSPS) is 15.6. The largest absolute Gasteiger partial charge is 0.338 e. The third-order valence-corrected chi connectivity index (χ3v) is 5.81. The second-order valence-electron chi connectivity index (χ2n) is 8.19. The van der Waals surface area contributed by atoms with Crippen LogP contribution < -0.4 is 16.0 Å². The maximum Gasteiger partial charge on any atom is 0.320 e. The van der Waals surface area contributed by atoms with Crippen LogP contribution in [0.4, 0.5) is 15.0 Å². The summed E-state index contributed by atoms with van der Waals surface area (Å²) in [4.78, 5) is 21.4. The number of aromatic nitrogens is 4. The van der Waals surface area contributed by atoms with Gasteiger partial charge in [0.05, 0.1) is 5.69 Å². The minimum atomic E-state index is -0.294. The smallest absolute Gasteiger partial charge is 0.320 e. The van der Waals surface area contributed by atoms with Crippen LogP contribution in [0, 0.1) is 18.7 Å². The van der Waals surface area contributed by atoms with E-state index >= 15 is 0 Å². The Morgan fingerprint density at radius 2 is 2.12 bits per heavy atom. The predicted molar refractivity (Wildman–Crippen MR) is 124 cm³/mol. The zero-order valence-corrected chi connectivity index (χ0v) is 18.2. The molecule has 1 atom stereocenters. The molecule has 33 heavy (non-hydrogen) atoms. The molecule has 1 unspecified atom stereocenters. The minimum Gasteiger partial charge on any atom is -0.338 e. The zero-order chi connectivity index (χ0) is 22.8. The fraction of sp³-hybridized carbons (Fsp3) is 0.250. The first kappa shape index (κ1) is 21.0. The molecular weight excluding hydrogens is 421 g/mol. The molecule has 4 aromatic rings. The van der Waals surface area contributed by atoms with Gasteiger partial charge < -0.3 is 10.6 Å². The number of carbonyl (C=O) groups excluding carboxylic acids is 1. The van der Waals surface area contributed by atoms with Crippen LogP contribution in [0.2, 0.25) is 0 Å². The van der Waals surface area contributed by atoms with Crippen molar-refractivity contribution in [3.05, 3.63) is 66.2 Å². The molecule has 4 heterocycles. The molecule has 3 N–H and O–H groups in total. The molecule has 1 saturated heterocycles. The number of urea groups is 1. The SMILES string of the molecule is Cc1cc(-c2nc3cccnn3c2-c2ccnc(NC(=O)NCC3CCNC3)c2)ccc1F. The summed E-state index contributed by atoms with van der Waals surface area (Å²) in [6, 6.07) is 11.9. The first-order valence-corrected chi connectivity index (χ1v) is 10.9. The Morgan fingerprint density at radius 1 is 1.21 bits per heavy atom. The Hall–Kier alpha value is -3.85. The zero-order valence-electron chi connectivity index (χ0n) is 18.2. The number of amides is 2. The lowest BCUT2D eigenvalue weighted by Crippen LogP contribution is -2.33. The van der Waals surface area contributed by atoms with E-state index in [1.807, 2.05) is 18.2 Å². The number of anilines is 1. The number of imidazole rings is 1. The molecule has 2 amide bonds. The molecule has 3 aromatic heterocycles. The lowest BCUT2D eigenvalue weighted by Gasteiger charge is -2.12. The lowest BCUT2D eigenvalue weighted by molar-refractivity contribution is 0.250. The van der Waals surface area contributed by atoms with E-state index in [1.54, 1.807) is 42.0 Å². The average molecular weight is 446 g/mol. The number of benzene rings is 1. The fourth-order valence-corrected chi connectivity index (χ4v) is 4.07. The maximum atomic E-state index is 13.9. The summed E-state index contributed by atoms with van der Waals surface area (Å²) in [5, 5.41) is 13.5. The molecule has 0 bridgehead atoms. The number of hydrogen-bond acceptors (Lipinski definition) is 5. The maximum absolute atomic E-state index is 13.9. The summed E-state index contributed by atoms with van der Waals surface area (Å²) in [6.45, 7) is 4.24. The summed E-state index contributed by atoms with van der Waals surface area (Å²) in [5.74, 6) is 0.597. The number of aryl methyl sites for hydroxylation is 1. The van der Waals surface area contributed by atoms with Gasteiger partial charge in [0.25, 0.3) is 0 Å². The van der Waals surface area contributed by atoms with Crippen molar-refractivity contribution in [2.75, 3.05) is 25.0 Å². The van der Waals surface area contributed by atoms with Crippen molar-refractivity contribution in [2.45, 2.75) is 13.3 Å². The van der Waals surface area contributed by atoms with Crippen LogP contribution in [0.25, 0.3) is 28.2 Å². The molecule has 0 radical (unpaired) electrons. The van der Waals surface area contributed by atoms with E-state index in [9.17, 15) is 9.18 Å². The van der Waals surface area contributed by atoms with E-state index in [1.165, 1.54) is 6.07 Å². The number of nitrogens with zero attached hydrogens (tertiary/aromatic N) is 4. The molecule has 1 aromatic carbocycles. The van der Waals surface area contributed by atoms with Crippen LogP contribution >= 0.6 is 0 Å². The molecule has 168 valence electrons. The Bertz CT molecular complexity index is 1310. The van der Waals surface area contributed by atoms with Gasteiger partial charge >= 0.3 is 6.03 Å². The van der Waals surface area contributed by atoms with Gasteiger partial charge in [-0.2, -0.15) is 5.10 Å². The van der Waals surface area contributed by atoms with Crippen LogP contribution in [-0.2, 0) is 0 Å². The molecule has 0 saturated carbocycles.